The summed E-state index contributed by atoms with van der Waals surface area (Å²) in [6.45, 7) is 2.27. The Bertz CT molecular complexity index is 1350. The summed E-state index contributed by atoms with van der Waals surface area (Å²) >= 11 is 0. The average molecular weight is 507 g/mol. The number of pyridine rings is 1. The van der Waals surface area contributed by atoms with E-state index in [1.807, 2.05) is 49.5 Å². The van der Waals surface area contributed by atoms with Crippen molar-refractivity contribution < 1.29 is 24.4 Å². The molecule has 2 bridgehead atoms. The summed E-state index contributed by atoms with van der Waals surface area (Å²) in [5, 5.41) is 34.7. The summed E-state index contributed by atoms with van der Waals surface area (Å²) in [6, 6.07) is 9.82. The molecule has 1 saturated carbocycles. The molecule has 3 fully saturated rings. The van der Waals surface area contributed by atoms with E-state index < -0.39 is 41.2 Å². The molecule has 196 valence electrons. The lowest BCUT2D eigenvalue weighted by Crippen LogP contribution is -2.78. The van der Waals surface area contributed by atoms with Crippen molar-refractivity contribution in [2.24, 2.45) is 11.3 Å². The summed E-state index contributed by atoms with van der Waals surface area (Å²) in [5.74, 6) is 0.0299. The van der Waals surface area contributed by atoms with Crippen LogP contribution < -0.4 is 0 Å². The second-order valence-electron chi connectivity index (χ2n) is 12.4. The number of halogens is 1. The minimum absolute atomic E-state index is 0.0299. The van der Waals surface area contributed by atoms with Gasteiger partial charge in [0.2, 0.25) is 0 Å². The Morgan fingerprint density at radius 2 is 1.89 bits per heavy atom. The van der Waals surface area contributed by atoms with Crippen LogP contribution in [-0.2, 0) is 4.74 Å². The standard InChI is InChI=1S/C30H35FN2O4/c1-27-12-11-20-25(35)30(31)26(36)24(34)22(33(2)3)16-28(30)13-14-29(20,37-28)23(27)10-9-19(27)17-6-4-8-21-18(17)7-5-15-32-21/h4-9,11,15,22-26,34-36H,10,12-14,16H2,1-3H3/t22-,23?,24+,25?,26-,27+,28+,29+,30?/m0/s1. The quantitative estimate of drug-likeness (QED) is 0.542. The highest BCUT2D eigenvalue weighted by Gasteiger charge is 2.79. The summed E-state index contributed by atoms with van der Waals surface area (Å²) < 4.78 is 24.0. The van der Waals surface area contributed by atoms with E-state index in [2.05, 4.69) is 30.1 Å². The van der Waals surface area contributed by atoms with E-state index in [-0.39, 0.29) is 17.8 Å². The van der Waals surface area contributed by atoms with E-state index in [0.29, 0.717) is 24.8 Å². The van der Waals surface area contributed by atoms with Gasteiger partial charge in [-0.25, -0.2) is 4.39 Å². The fourth-order valence-electron chi connectivity index (χ4n) is 8.84. The van der Waals surface area contributed by atoms with Crippen LogP contribution in [0.5, 0.6) is 0 Å². The maximum Gasteiger partial charge on any atom is 0.197 e. The number of benzene rings is 1. The Labute approximate surface area is 216 Å². The number of likely N-dealkylation sites (N-methyl/N-ethyl adjacent to an activating group) is 1. The third-order valence-electron chi connectivity index (χ3n) is 10.7. The zero-order chi connectivity index (χ0) is 26.0. The molecule has 3 N–H and O–H groups in total. The number of rotatable bonds is 2. The summed E-state index contributed by atoms with van der Waals surface area (Å²) in [4.78, 5) is 6.37. The molecule has 3 heterocycles. The van der Waals surface area contributed by atoms with Gasteiger partial charge in [0, 0.05) is 29.0 Å². The van der Waals surface area contributed by atoms with Gasteiger partial charge in [-0.3, -0.25) is 4.98 Å². The van der Waals surface area contributed by atoms with Crippen LogP contribution in [0.25, 0.3) is 16.5 Å². The molecule has 2 aliphatic heterocycles. The van der Waals surface area contributed by atoms with E-state index in [1.165, 1.54) is 5.57 Å². The Morgan fingerprint density at radius 3 is 2.68 bits per heavy atom. The van der Waals surface area contributed by atoms with Gasteiger partial charge in [0.1, 0.15) is 17.8 Å². The lowest BCUT2D eigenvalue weighted by atomic mass is 9.55. The number of alkyl halides is 1. The van der Waals surface area contributed by atoms with E-state index in [9.17, 15) is 15.3 Å². The normalized spacial score (nSPS) is 46.3. The maximum absolute atomic E-state index is 17.0. The van der Waals surface area contributed by atoms with Crippen molar-refractivity contribution in [3.05, 3.63) is 59.8 Å². The van der Waals surface area contributed by atoms with Crippen LogP contribution in [0.3, 0.4) is 0 Å². The predicted octanol–water partition coefficient (Wildman–Crippen LogP) is 3.40. The van der Waals surface area contributed by atoms with E-state index in [4.69, 9.17) is 4.74 Å². The fourth-order valence-corrected chi connectivity index (χ4v) is 8.84. The monoisotopic (exact) mass is 506 g/mol. The second kappa shape index (κ2) is 7.48. The SMILES string of the molecule is CN(C)[C@H]1C[C@@]23CC[C@@]4(O2)C(=CC[C@]2(C)C(c5cccc6ncccc56)=CCC24)C(O)C3(F)[C@@H](O)[C@@H]1O. The highest BCUT2D eigenvalue weighted by atomic mass is 19.1. The minimum atomic E-state index is -2.46. The summed E-state index contributed by atoms with van der Waals surface area (Å²) in [6.07, 6.45) is 4.12. The summed E-state index contributed by atoms with van der Waals surface area (Å²) in [5.41, 5.74) is -0.969. The van der Waals surface area contributed by atoms with Crippen molar-refractivity contribution in [3.8, 4) is 0 Å². The molecule has 2 spiro atoms. The van der Waals surface area contributed by atoms with Crippen LogP contribution in [0.15, 0.2) is 54.3 Å². The van der Waals surface area contributed by atoms with Crippen LogP contribution in [0.4, 0.5) is 4.39 Å². The number of hydrogen-bond donors (Lipinski definition) is 3. The average Bonchev–Trinajstić information content (AvgIpc) is 3.42. The molecule has 0 radical (unpaired) electrons. The number of allylic oxidation sites excluding steroid dienone is 3. The largest absolute Gasteiger partial charge is 0.389 e. The van der Waals surface area contributed by atoms with Crippen molar-refractivity contribution in [2.75, 3.05) is 14.1 Å². The van der Waals surface area contributed by atoms with E-state index >= 15 is 4.39 Å². The van der Waals surface area contributed by atoms with Crippen LogP contribution >= 0.6 is 0 Å². The van der Waals surface area contributed by atoms with Gasteiger partial charge in [-0.05, 0) is 75.0 Å². The molecule has 3 aliphatic carbocycles. The van der Waals surface area contributed by atoms with Crippen molar-refractivity contribution in [1.82, 2.24) is 9.88 Å². The molecular formula is C30H35FN2O4. The molecule has 9 atom stereocenters. The van der Waals surface area contributed by atoms with Crippen molar-refractivity contribution in [3.63, 3.8) is 0 Å². The predicted molar refractivity (Wildman–Crippen MR) is 138 cm³/mol. The lowest BCUT2D eigenvalue weighted by molar-refractivity contribution is -0.308. The first-order valence-corrected chi connectivity index (χ1v) is 13.4. The number of aliphatic hydroxyl groups is 3. The van der Waals surface area contributed by atoms with Gasteiger partial charge in [0.15, 0.2) is 5.67 Å². The first-order chi connectivity index (χ1) is 17.6. The molecule has 1 aromatic heterocycles. The third kappa shape index (κ3) is 2.69. The number of fused-ring (bicyclic) bond motifs is 2. The van der Waals surface area contributed by atoms with Crippen LogP contribution in [-0.4, -0.2) is 80.5 Å². The molecule has 7 rings (SSSR count). The van der Waals surface area contributed by atoms with Gasteiger partial charge in [-0.15, -0.1) is 0 Å². The molecule has 5 aliphatic rings. The van der Waals surface area contributed by atoms with Gasteiger partial charge >= 0.3 is 0 Å². The molecule has 2 saturated heterocycles. The van der Waals surface area contributed by atoms with Crippen LogP contribution in [0.1, 0.15) is 44.6 Å². The topological polar surface area (TPSA) is 86.1 Å². The molecule has 6 nitrogen and oxygen atoms in total. The maximum atomic E-state index is 17.0. The summed E-state index contributed by atoms with van der Waals surface area (Å²) in [7, 11) is 3.64. The highest BCUT2D eigenvalue weighted by Crippen LogP contribution is 2.70. The molecule has 2 aromatic rings. The van der Waals surface area contributed by atoms with Gasteiger partial charge < -0.3 is 25.0 Å². The minimum Gasteiger partial charge on any atom is -0.389 e. The number of ether oxygens (including phenoxy) is 1. The first kappa shape index (κ1) is 23.9. The first-order valence-electron chi connectivity index (χ1n) is 13.4. The van der Waals surface area contributed by atoms with Gasteiger partial charge in [-0.2, -0.15) is 0 Å². The fraction of sp³-hybridized carbons (Fsp3) is 0.567. The zero-order valence-electron chi connectivity index (χ0n) is 21.6. The number of aromatic nitrogens is 1. The molecule has 37 heavy (non-hydrogen) atoms. The van der Waals surface area contributed by atoms with E-state index in [1.54, 1.807) is 0 Å². The lowest BCUT2D eigenvalue weighted by Gasteiger charge is -2.62. The molecule has 0 amide bonds. The number of aliphatic hydroxyl groups excluding tert-OH is 3. The second-order valence-corrected chi connectivity index (χ2v) is 12.4. The number of hydrogen-bond acceptors (Lipinski definition) is 6. The third-order valence-corrected chi connectivity index (χ3v) is 10.7. The molecule has 3 unspecified atom stereocenters. The van der Waals surface area contributed by atoms with Crippen molar-refractivity contribution >= 4 is 16.5 Å². The molecular weight excluding hydrogens is 471 g/mol. The Balaban J connectivity index is 1.35. The highest BCUT2D eigenvalue weighted by molar-refractivity contribution is 5.93. The van der Waals surface area contributed by atoms with Gasteiger partial charge in [0.25, 0.3) is 0 Å². The molecule has 1 aromatic carbocycles. The van der Waals surface area contributed by atoms with Crippen LogP contribution in [0.2, 0.25) is 0 Å². The molecule has 7 heteroatoms. The zero-order valence-corrected chi connectivity index (χ0v) is 21.6. The Kier molecular flexibility index (Phi) is 4.84. The van der Waals surface area contributed by atoms with Crippen molar-refractivity contribution in [2.45, 2.75) is 80.3 Å². The van der Waals surface area contributed by atoms with Gasteiger partial charge in [0.05, 0.1) is 17.2 Å². The van der Waals surface area contributed by atoms with Crippen molar-refractivity contribution in [1.29, 1.82) is 0 Å². The Morgan fingerprint density at radius 1 is 1.08 bits per heavy atom. The van der Waals surface area contributed by atoms with Crippen LogP contribution in [0, 0.1) is 11.3 Å². The smallest absolute Gasteiger partial charge is 0.197 e. The Hall–Kier alpha value is -2.16. The van der Waals surface area contributed by atoms with E-state index in [0.717, 1.165) is 22.9 Å². The van der Waals surface area contributed by atoms with Gasteiger partial charge in [-0.1, -0.05) is 37.3 Å². The number of nitrogens with zero attached hydrogens (tertiary/aromatic N) is 2.